The first-order chi connectivity index (χ1) is 10.5. The minimum Gasteiger partial charge on any atom is -0.465 e. The van der Waals surface area contributed by atoms with Gasteiger partial charge in [0.1, 0.15) is 5.82 Å². The molecule has 7 heteroatoms. The Balaban J connectivity index is 1.91. The number of hydrogen-bond donors (Lipinski definition) is 1. The highest BCUT2D eigenvalue weighted by atomic mass is 35.5. The van der Waals surface area contributed by atoms with Crippen molar-refractivity contribution in [1.82, 2.24) is 4.90 Å². The van der Waals surface area contributed by atoms with Crippen molar-refractivity contribution in [2.45, 2.75) is 18.9 Å². The molecule has 0 radical (unpaired) electrons. The lowest BCUT2D eigenvalue weighted by atomic mass is 9.81. The molecule has 0 saturated carbocycles. The first kappa shape index (κ1) is 14.8. The number of esters is 1. The van der Waals surface area contributed by atoms with Crippen molar-refractivity contribution in [3.05, 3.63) is 40.7 Å². The molecule has 0 aromatic heterocycles. The van der Waals surface area contributed by atoms with Crippen LogP contribution in [0.4, 0.5) is 9.18 Å². The van der Waals surface area contributed by atoms with Gasteiger partial charge in [-0.2, -0.15) is 0 Å². The molecule has 2 aliphatic rings. The van der Waals surface area contributed by atoms with E-state index in [4.69, 9.17) is 21.4 Å². The summed E-state index contributed by atoms with van der Waals surface area (Å²) < 4.78 is 18.4. The average molecular weight is 326 g/mol. The van der Waals surface area contributed by atoms with Gasteiger partial charge in [-0.25, -0.2) is 9.18 Å². The summed E-state index contributed by atoms with van der Waals surface area (Å²) in [4.78, 5) is 24.3. The smallest absolute Gasteiger partial charge is 0.410 e. The molecule has 1 N–H and O–H groups in total. The van der Waals surface area contributed by atoms with Crippen LogP contribution in [0.5, 0.6) is 0 Å². The van der Waals surface area contributed by atoms with Crippen molar-refractivity contribution in [1.29, 1.82) is 0 Å². The minimum atomic E-state index is -1.12. The predicted octanol–water partition coefficient (Wildman–Crippen LogP) is 3.14. The number of carbonyl (C=O) groups excluding carboxylic acids is 1. The summed E-state index contributed by atoms with van der Waals surface area (Å²) in [6, 6.07) is 3.74. The summed E-state index contributed by atoms with van der Waals surface area (Å²) >= 11 is 5.86. The fourth-order valence-electron chi connectivity index (χ4n) is 2.98. The number of rotatable bonds is 1. The molecule has 3 rings (SSSR count). The van der Waals surface area contributed by atoms with Gasteiger partial charge >= 0.3 is 12.1 Å². The van der Waals surface area contributed by atoms with Gasteiger partial charge < -0.3 is 9.84 Å². The maximum absolute atomic E-state index is 13.5. The molecule has 1 saturated heterocycles. The number of cyclic esters (lactones) is 1. The van der Waals surface area contributed by atoms with E-state index in [1.54, 1.807) is 6.07 Å². The molecule has 1 aromatic rings. The lowest BCUT2D eigenvalue weighted by Gasteiger charge is -2.40. The number of ether oxygens (including phenoxy) is 1. The molecule has 2 unspecified atom stereocenters. The zero-order chi connectivity index (χ0) is 15.9. The first-order valence-electron chi connectivity index (χ1n) is 6.77. The summed E-state index contributed by atoms with van der Waals surface area (Å²) in [5.41, 5.74) is 1.37. The number of fused-ring (bicyclic) bond motifs is 1. The van der Waals surface area contributed by atoms with Crippen molar-refractivity contribution in [3.8, 4) is 0 Å². The van der Waals surface area contributed by atoms with Crippen LogP contribution in [-0.2, 0) is 9.53 Å². The minimum absolute atomic E-state index is 0.246. The molecule has 2 atom stereocenters. The van der Waals surface area contributed by atoms with E-state index >= 15 is 0 Å². The number of allylic oxidation sites excluding steroid dienone is 1. The average Bonchev–Trinajstić information content (AvgIpc) is 2.46. The molecule has 1 aromatic carbocycles. The highest BCUT2D eigenvalue weighted by Gasteiger charge is 2.42. The van der Waals surface area contributed by atoms with E-state index in [2.05, 4.69) is 0 Å². The number of carboxylic acid groups (broad SMARTS) is 1. The Morgan fingerprint density at radius 3 is 2.86 bits per heavy atom. The number of nitrogens with zero attached hydrogens (tertiary/aromatic N) is 1. The lowest BCUT2D eigenvalue weighted by molar-refractivity contribution is -0.165. The Morgan fingerprint density at radius 2 is 2.18 bits per heavy atom. The Morgan fingerprint density at radius 1 is 1.41 bits per heavy atom. The van der Waals surface area contributed by atoms with Gasteiger partial charge in [-0.1, -0.05) is 17.7 Å². The van der Waals surface area contributed by atoms with Crippen LogP contribution in [0.15, 0.2) is 24.3 Å². The van der Waals surface area contributed by atoms with E-state index in [0.717, 1.165) is 10.5 Å². The summed E-state index contributed by atoms with van der Waals surface area (Å²) in [7, 11) is 0. The van der Waals surface area contributed by atoms with Gasteiger partial charge in [-0.3, -0.25) is 9.69 Å². The Kier molecular flexibility index (Phi) is 3.78. The summed E-state index contributed by atoms with van der Waals surface area (Å²) in [6.07, 6.45) is 1.40. The van der Waals surface area contributed by atoms with E-state index in [-0.39, 0.29) is 11.8 Å². The zero-order valence-electron chi connectivity index (χ0n) is 11.5. The molecule has 0 bridgehead atoms. The van der Waals surface area contributed by atoms with E-state index in [1.807, 2.05) is 6.08 Å². The van der Waals surface area contributed by atoms with Crippen LogP contribution in [0.1, 0.15) is 18.4 Å². The van der Waals surface area contributed by atoms with Crippen molar-refractivity contribution in [3.63, 3.8) is 0 Å². The molecule has 1 fully saturated rings. The van der Waals surface area contributed by atoms with Gasteiger partial charge in [0, 0.05) is 5.02 Å². The third-order valence-electron chi connectivity index (χ3n) is 4.04. The van der Waals surface area contributed by atoms with Gasteiger partial charge in [0.2, 0.25) is 0 Å². The highest BCUT2D eigenvalue weighted by molar-refractivity contribution is 6.30. The van der Waals surface area contributed by atoms with E-state index in [9.17, 15) is 14.0 Å². The van der Waals surface area contributed by atoms with Gasteiger partial charge in [0.25, 0.3) is 0 Å². The van der Waals surface area contributed by atoms with Crippen LogP contribution in [0.2, 0.25) is 5.02 Å². The molecule has 5 nitrogen and oxygen atoms in total. The van der Waals surface area contributed by atoms with Crippen LogP contribution in [-0.4, -0.2) is 34.8 Å². The Hall–Kier alpha value is -2.08. The van der Waals surface area contributed by atoms with E-state index in [1.165, 1.54) is 12.1 Å². The number of halogens is 2. The molecule has 116 valence electrons. The van der Waals surface area contributed by atoms with Crippen molar-refractivity contribution in [2.75, 3.05) is 6.73 Å². The second kappa shape index (κ2) is 5.61. The molecule has 0 spiro atoms. The van der Waals surface area contributed by atoms with E-state index < -0.39 is 29.8 Å². The second-order valence-electron chi connectivity index (χ2n) is 5.35. The Labute approximate surface area is 130 Å². The van der Waals surface area contributed by atoms with Crippen LogP contribution in [0, 0.1) is 11.7 Å². The number of amides is 1. The van der Waals surface area contributed by atoms with Crippen molar-refractivity contribution < 1.29 is 23.8 Å². The largest absolute Gasteiger partial charge is 0.465 e. The SMILES string of the molecule is O=C1OCN(C(=O)O)C2CC=C(c3cc(F)cc(Cl)c3)CC12. The van der Waals surface area contributed by atoms with Gasteiger partial charge in [-0.15, -0.1) is 0 Å². The van der Waals surface area contributed by atoms with Crippen LogP contribution < -0.4 is 0 Å². The standard InChI is InChI=1S/C15H13ClFNO4/c16-10-3-9(4-11(17)6-10)8-1-2-13-12(5-8)14(19)22-7-18(13)15(20)21/h1,3-4,6,12-13H,2,5,7H2,(H,20,21). The fourth-order valence-corrected chi connectivity index (χ4v) is 3.20. The van der Waals surface area contributed by atoms with Gasteiger partial charge in [0.15, 0.2) is 6.73 Å². The lowest BCUT2D eigenvalue weighted by Crippen LogP contribution is -2.53. The van der Waals surface area contributed by atoms with Crippen molar-refractivity contribution >= 4 is 29.2 Å². The van der Waals surface area contributed by atoms with Crippen LogP contribution >= 0.6 is 11.6 Å². The molecular weight excluding hydrogens is 313 g/mol. The quantitative estimate of drug-likeness (QED) is 0.806. The zero-order valence-corrected chi connectivity index (χ0v) is 12.2. The normalized spacial score (nSPS) is 24.4. The third kappa shape index (κ3) is 2.66. The molecule has 22 heavy (non-hydrogen) atoms. The number of benzene rings is 1. The summed E-state index contributed by atoms with van der Waals surface area (Å²) in [5, 5.41) is 9.44. The van der Waals surface area contributed by atoms with E-state index in [0.29, 0.717) is 18.4 Å². The fraction of sp³-hybridized carbons (Fsp3) is 0.333. The third-order valence-corrected chi connectivity index (χ3v) is 4.26. The number of hydrogen-bond acceptors (Lipinski definition) is 3. The number of carbonyl (C=O) groups is 2. The first-order valence-corrected chi connectivity index (χ1v) is 7.15. The molecule has 1 amide bonds. The topological polar surface area (TPSA) is 66.8 Å². The second-order valence-corrected chi connectivity index (χ2v) is 5.78. The van der Waals surface area contributed by atoms with Gasteiger partial charge in [-0.05, 0) is 42.2 Å². The summed E-state index contributed by atoms with van der Waals surface area (Å²) in [6.45, 7) is -0.246. The monoisotopic (exact) mass is 325 g/mol. The predicted molar refractivity (Wildman–Crippen MR) is 76.7 cm³/mol. The summed E-state index contributed by atoms with van der Waals surface area (Å²) in [5.74, 6) is -1.45. The van der Waals surface area contributed by atoms with Crippen LogP contribution in [0.25, 0.3) is 5.57 Å². The molecule has 1 aliphatic heterocycles. The Bertz CT molecular complexity index is 655. The van der Waals surface area contributed by atoms with Crippen molar-refractivity contribution in [2.24, 2.45) is 5.92 Å². The molecular formula is C15H13ClFNO4. The van der Waals surface area contributed by atoms with Crippen LogP contribution in [0.3, 0.4) is 0 Å². The molecule has 1 heterocycles. The maximum Gasteiger partial charge on any atom is 0.410 e. The highest BCUT2D eigenvalue weighted by Crippen LogP contribution is 2.37. The molecule has 1 aliphatic carbocycles. The van der Waals surface area contributed by atoms with Gasteiger partial charge in [0.05, 0.1) is 12.0 Å². The maximum atomic E-state index is 13.5.